The van der Waals surface area contributed by atoms with Crippen LogP contribution >= 0.6 is 0 Å². The molecule has 0 saturated heterocycles. The second-order valence-corrected chi connectivity index (χ2v) is 12.8. The lowest BCUT2D eigenvalue weighted by atomic mass is 10.0. The van der Waals surface area contributed by atoms with Crippen LogP contribution in [0.15, 0.2) is 167 Å². The van der Waals surface area contributed by atoms with Gasteiger partial charge in [0.15, 0.2) is 23.1 Å². The van der Waals surface area contributed by atoms with Crippen LogP contribution in [0.2, 0.25) is 0 Å². The molecule has 0 fully saturated rings. The van der Waals surface area contributed by atoms with Crippen LogP contribution in [0.1, 0.15) is 0 Å². The quantitative estimate of drug-likeness (QED) is 0.189. The summed E-state index contributed by atoms with van der Waals surface area (Å²) < 4.78 is 15.5. The standard InChI is InChI=1S/C45H26N4O2/c1-3-13-27(14-4-1)43-46-44(28-15-5-2-6-16-28)48-45(47-43)32-23-24-35(42-39(32)30-18-8-12-22-37(30)51-42)49-33-20-10-7-17-29(33)40-34(49)25-26-38-41(40)31-19-9-11-21-36(31)50-38/h1-26H. The SMILES string of the molecule is c1ccc(-c2nc(-c3ccccc3)nc(-c3ccc(-n4c5ccccc5c5c6c(ccc54)oc4ccccc46)c4oc5ccccc5c34)n2)cc1. The third-order valence-electron chi connectivity index (χ3n) is 9.86. The van der Waals surface area contributed by atoms with E-state index in [4.69, 9.17) is 23.8 Å². The van der Waals surface area contributed by atoms with Crippen LogP contribution in [-0.4, -0.2) is 19.5 Å². The fraction of sp³-hybridized carbons (Fsp3) is 0. The van der Waals surface area contributed by atoms with Crippen LogP contribution in [0.25, 0.3) is 106 Å². The average Bonchev–Trinajstić information content (AvgIpc) is 3.88. The lowest BCUT2D eigenvalue weighted by Crippen LogP contribution is -2.01. The molecule has 0 saturated carbocycles. The molecule has 6 nitrogen and oxygen atoms in total. The Hall–Kier alpha value is -7.05. The van der Waals surface area contributed by atoms with Crippen molar-refractivity contribution in [1.29, 1.82) is 0 Å². The molecule has 51 heavy (non-hydrogen) atoms. The van der Waals surface area contributed by atoms with Gasteiger partial charge in [-0.25, -0.2) is 15.0 Å². The molecule has 4 heterocycles. The van der Waals surface area contributed by atoms with Gasteiger partial charge in [0.05, 0.1) is 16.7 Å². The van der Waals surface area contributed by atoms with Gasteiger partial charge in [0, 0.05) is 49.0 Å². The topological polar surface area (TPSA) is 69.9 Å². The molecule has 0 radical (unpaired) electrons. The van der Waals surface area contributed by atoms with Gasteiger partial charge >= 0.3 is 0 Å². The number of hydrogen-bond acceptors (Lipinski definition) is 5. The minimum absolute atomic E-state index is 0.583. The van der Waals surface area contributed by atoms with Gasteiger partial charge in [-0.05, 0) is 42.5 Å². The van der Waals surface area contributed by atoms with Gasteiger partial charge in [-0.2, -0.15) is 0 Å². The minimum Gasteiger partial charge on any atom is -0.456 e. The number of nitrogens with zero attached hydrogens (tertiary/aromatic N) is 4. The largest absolute Gasteiger partial charge is 0.456 e. The first kappa shape index (κ1) is 27.9. The molecule has 0 unspecified atom stereocenters. The zero-order valence-corrected chi connectivity index (χ0v) is 27.1. The molecule has 11 rings (SSSR count). The van der Waals surface area contributed by atoms with Gasteiger partial charge in [-0.15, -0.1) is 0 Å². The zero-order valence-electron chi connectivity index (χ0n) is 27.1. The van der Waals surface area contributed by atoms with Gasteiger partial charge in [0.25, 0.3) is 0 Å². The van der Waals surface area contributed by atoms with Crippen molar-refractivity contribution in [2.24, 2.45) is 0 Å². The van der Waals surface area contributed by atoms with E-state index in [9.17, 15) is 0 Å². The number of furan rings is 2. The van der Waals surface area contributed by atoms with Crippen molar-refractivity contribution in [1.82, 2.24) is 19.5 Å². The lowest BCUT2D eigenvalue weighted by molar-refractivity contribution is 0.666. The van der Waals surface area contributed by atoms with Crippen LogP contribution in [0, 0.1) is 0 Å². The number of aromatic nitrogens is 4. The van der Waals surface area contributed by atoms with E-state index < -0.39 is 0 Å². The van der Waals surface area contributed by atoms with Gasteiger partial charge in [-0.1, -0.05) is 115 Å². The molecule has 0 aliphatic heterocycles. The Morgan fingerprint density at radius 3 is 1.65 bits per heavy atom. The Bertz CT molecular complexity index is 3080. The molecule has 0 spiro atoms. The fourth-order valence-corrected chi connectivity index (χ4v) is 7.64. The zero-order chi connectivity index (χ0) is 33.5. The highest BCUT2D eigenvalue weighted by Crippen LogP contribution is 2.45. The molecule has 6 heteroatoms. The molecule has 0 bridgehead atoms. The van der Waals surface area contributed by atoms with Crippen molar-refractivity contribution >= 4 is 65.7 Å². The Kier molecular flexibility index (Phi) is 5.86. The molecular formula is C45H26N4O2. The van der Waals surface area contributed by atoms with E-state index in [1.807, 2.05) is 91.0 Å². The summed E-state index contributed by atoms with van der Waals surface area (Å²) in [5.74, 6) is 1.81. The monoisotopic (exact) mass is 654 g/mol. The molecule has 0 aliphatic carbocycles. The predicted octanol–water partition coefficient (Wildman–Crippen LogP) is 11.8. The maximum absolute atomic E-state index is 6.83. The number of hydrogen-bond donors (Lipinski definition) is 0. The van der Waals surface area contributed by atoms with Crippen LogP contribution < -0.4 is 0 Å². The van der Waals surface area contributed by atoms with Crippen LogP contribution in [-0.2, 0) is 0 Å². The van der Waals surface area contributed by atoms with Crippen LogP contribution in [0.5, 0.6) is 0 Å². The number of rotatable bonds is 4. The van der Waals surface area contributed by atoms with Crippen molar-refractivity contribution < 1.29 is 8.83 Å². The Balaban J connectivity index is 1.24. The summed E-state index contributed by atoms with van der Waals surface area (Å²) in [5.41, 5.74) is 9.11. The van der Waals surface area contributed by atoms with Crippen molar-refractivity contribution in [3.8, 4) is 39.9 Å². The maximum Gasteiger partial charge on any atom is 0.164 e. The Morgan fingerprint density at radius 1 is 0.373 bits per heavy atom. The Morgan fingerprint density at radius 2 is 0.941 bits per heavy atom. The van der Waals surface area contributed by atoms with E-state index in [-0.39, 0.29) is 0 Å². The van der Waals surface area contributed by atoms with Crippen molar-refractivity contribution in [2.45, 2.75) is 0 Å². The van der Waals surface area contributed by atoms with Gasteiger partial charge in [-0.3, -0.25) is 0 Å². The van der Waals surface area contributed by atoms with Gasteiger partial charge in [0.1, 0.15) is 16.7 Å². The summed E-state index contributed by atoms with van der Waals surface area (Å²) in [6, 6.07) is 53.6. The molecular weight excluding hydrogens is 629 g/mol. The maximum atomic E-state index is 6.83. The summed E-state index contributed by atoms with van der Waals surface area (Å²) in [6.07, 6.45) is 0. The van der Waals surface area contributed by atoms with Crippen molar-refractivity contribution in [3.05, 3.63) is 158 Å². The summed E-state index contributed by atoms with van der Waals surface area (Å²) >= 11 is 0. The minimum atomic E-state index is 0.583. The van der Waals surface area contributed by atoms with Crippen LogP contribution in [0.4, 0.5) is 0 Å². The molecule has 4 aromatic heterocycles. The van der Waals surface area contributed by atoms with E-state index in [2.05, 4.69) is 71.3 Å². The molecule has 0 atom stereocenters. The molecule has 11 aromatic rings. The summed E-state index contributed by atoms with van der Waals surface area (Å²) in [5, 5.41) is 6.46. The van der Waals surface area contributed by atoms with E-state index in [1.165, 1.54) is 0 Å². The van der Waals surface area contributed by atoms with Crippen molar-refractivity contribution in [3.63, 3.8) is 0 Å². The first-order valence-corrected chi connectivity index (χ1v) is 17.0. The third kappa shape index (κ3) is 4.14. The Labute approximate surface area is 290 Å². The first-order chi connectivity index (χ1) is 25.3. The first-order valence-electron chi connectivity index (χ1n) is 17.0. The highest BCUT2D eigenvalue weighted by atomic mass is 16.3. The number of para-hydroxylation sites is 3. The number of benzene rings is 7. The van der Waals surface area contributed by atoms with E-state index in [0.29, 0.717) is 17.5 Å². The molecule has 7 aromatic carbocycles. The van der Waals surface area contributed by atoms with E-state index in [1.54, 1.807) is 0 Å². The summed E-state index contributed by atoms with van der Waals surface area (Å²) in [4.78, 5) is 15.1. The van der Waals surface area contributed by atoms with E-state index in [0.717, 1.165) is 88.1 Å². The van der Waals surface area contributed by atoms with E-state index >= 15 is 0 Å². The van der Waals surface area contributed by atoms with Gasteiger partial charge < -0.3 is 13.4 Å². The molecule has 0 amide bonds. The fourth-order valence-electron chi connectivity index (χ4n) is 7.64. The normalized spacial score (nSPS) is 11.9. The molecule has 238 valence electrons. The summed E-state index contributed by atoms with van der Waals surface area (Å²) in [6.45, 7) is 0. The predicted molar refractivity (Wildman–Crippen MR) is 205 cm³/mol. The lowest BCUT2D eigenvalue weighted by Gasteiger charge is -2.12. The molecule has 0 N–H and O–H groups in total. The second-order valence-electron chi connectivity index (χ2n) is 12.8. The number of fused-ring (bicyclic) bond motifs is 10. The average molecular weight is 655 g/mol. The highest BCUT2D eigenvalue weighted by Gasteiger charge is 2.24. The smallest absolute Gasteiger partial charge is 0.164 e. The highest BCUT2D eigenvalue weighted by molar-refractivity contribution is 6.28. The van der Waals surface area contributed by atoms with Crippen LogP contribution in [0.3, 0.4) is 0 Å². The third-order valence-corrected chi connectivity index (χ3v) is 9.86. The molecule has 0 aliphatic rings. The second kappa shape index (κ2) is 10.7. The van der Waals surface area contributed by atoms with Crippen molar-refractivity contribution in [2.75, 3.05) is 0 Å². The summed E-state index contributed by atoms with van der Waals surface area (Å²) in [7, 11) is 0. The van der Waals surface area contributed by atoms with Gasteiger partial charge in [0.2, 0.25) is 0 Å².